The van der Waals surface area contributed by atoms with Crippen LogP contribution in [0, 0.1) is 21.7 Å². The Morgan fingerprint density at radius 1 is 0.463 bits per heavy atom. The Hall–Kier alpha value is -4.76. The lowest BCUT2D eigenvalue weighted by atomic mass is 9.44. The van der Waals surface area contributed by atoms with E-state index in [9.17, 15) is 0 Å². The molecule has 0 N–H and O–H groups in total. The van der Waals surface area contributed by atoms with Crippen LogP contribution in [0.2, 0.25) is 0 Å². The third kappa shape index (κ3) is 2.65. The molecule has 190 valence electrons. The van der Waals surface area contributed by atoms with E-state index >= 15 is 0 Å². The maximum Gasteiger partial charge on any atom is 0.111 e. The Labute approximate surface area is 239 Å². The molecule has 0 aromatic heterocycles. The largest absolute Gasteiger partial charge is 0.356 e. The van der Waals surface area contributed by atoms with Gasteiger partial charge in [0.05, 0.1) is 11.1 Å². The molecule has 0 radical (unpaired) electrons. The van der Waals surface area contributed by atoms with E-state index in [1.165, 1.54) is 0 Å². The van der Waals surface area contributed by atoms with Crippen LogP contribution in [-0.2, 0) is 4.74 Å². The highest BCUT2D eigenvalue weighted by Gasteiger charge is 2.67. The fourth-order valence-corrected chi connectivity index (χ4v) is 9.12. The first-order valence-corrected chi connectivity index (χ1v) is 14.6. The highest BCUT2D eigenvalue weighted by Crippen LogP contribution is 2.75. The van der Waals surface area contributed by atoms with Gasteiger partial charge in [-0.1, -0.05) is 108 Å². The van der Waals surface area contributed by atoms with Crippen LogP contribution >= 0.6 is 0 Å². The first-order chi connectivity index (χ1) is 20.2. The predicted octanol–water partition coefficient (Wildman–Crippen LogP) is 7.68. The zero-order valence-corrected chi connectivity index (χ0v) is 22.6. The van der Waals surface area contributed by atoms with E-state index in [0.29, 0.717) is 0 Å². The minimum atomic E-state index is -0.151. The summed E-state index contributed by atoms with van der Waals surface area (Å²) in [6.07, 6.45) is 28.6. The zero-order chi connectivity index (χ0) is 27.1. The van der Waals surface area contributed by atoms with Gasteiger partial charge in [0.1, 0.15) is 12.2 Å². The summed E-state index contributed by atoms with van der Waals surface area (Å²) in [5.74, 6) is 0. The van der Waals surface area contributed by atoms with Crippen molar-refractivity contribution in [2.75, 3.05) is 0 Å². The molecule has 41 heavy (non-hydrogen) atoms. The average molecular weight is 521 g/mol. The molecule has 2 bridgehead atoms. The van der Waals surface area contributed by atoms with Gasteiger partial charge in [-0.15, -0.1) is 0 Å². The summed E-state index contributed by atoms with van der Waals surface area (Å²) in [7, 11) is 0. The van der Waals surface area contributed by atoms with E-state index < -0.39 is 0 Å². The van der Waals surface area contributed by atoms with Crippen LogP contribution in [0.1, 0.15) is 38.5 Å². The number of hydrogen-bond donors (Lipinski definition) is 0. The Bertz CT molecular complexity index is 1970. The number of allylic oxidation sites excluding steroid dienone is 12. The van der Waals surface area contributed by atoms with Crippen LogP contribution < -0.4 is 0 Å². The molecule has 5 fully saturated rings. The quantitative estimate of drug-likeness (QED) is 0.235. The summed E-state index contributed by atoms with van der Waals surface area (Å²) in [6.45, 7) is 0. The first kappa shape index (κ1) is 23.0. The second kappa shape index (κ2) is 7.92. The van der Waals surface area contributed by atoms with Gasteiger partial charge >= 0.3 is 0 Å². The fraction of sp³-hybridized carbons (Fsp3) is 0.300. The van der Waals surface area contributed by atoms with E-state index in [1.807, 2.05) is 0 Å². The standard InChI is InChI=1S/C40H24O/c1-3-15-31-33(39-23-9-7-21-37(31,39)25-11-27-39)17-5-6-18-34-32(38-22-8-10-24-40(34,38)28-12-26-38)16-4-2-14-30-29(13-1)35-19-20-36(30)41-35/h7-10,19-24,35-36H,11-12,25-28H2. The Morgan fingerprint density at radius 3 is 1.12 bits per heavy atom. The molecular weight excluding hydrogens is 496 g/mol. The second-order valence-corrected chi connectivity index (χ2v) is 12.2. The molecule has 1 nitrogen and oxygen atoms in total. The summed E-state index contributed by atoms with van der Waals surface area (Å²) in [5, 5.41) is 0. The van der Waals surface area contributed by atoms with Gasteiger partial charge < -0.3 is 4.74 Å². The molecule has 7 aliphatic carbocycles. The third-order valence-corrected chi connectivity index (χ3v) is 10.9. The Kier molecular flexibility index (Phi) is 4.44. The van der Waals surface area contributed by atoms with Crippen molar-refractivity contribution in [1.82, 2.24) is 0 Å². The van der Waals surface area contributed by atoms with E-state index in [1.54, 1.807) is 0 Å². The van der Waals surface area contributed by atoms with Crippen molar-refractivity contribution >= 4 is 0 Å². The molecule has 2 heterocycles. The van der Waals surface area contributed by atoms with Crippen molar-refractivity contribution in [3.8, 4) is 0 Å². The van der Waals surface area contributed by atoms with Crippen molar-refractivity contribution in [2.24, 2.45) is 21.7 Å². The van der Waals surface area contributed by atoms with Gasteiger partial charge in [-0.25, -0.2) is 0 Å². The van der Waals surface area contributed by atoms with Gasteiger partial charge in [-0.2, -0.15) is 0 Å². The van der Waals surface area contributed by atoms with E-state index in [4.69, 9.17) is 4.74 Å². The lowest BCUT2D eigenvalue weighted by Crippen LogP contribution is -2.49. The number of fused-ring (bicyclic) bond motifs is 7. The minimum Gasteiger partial charge on any atom is -0.356 e. The normalized spacial score (nSPS) is 39.6. The molecule has 9 aliphatic rings. The maximum absolute atomic E-state index is 6.07. The van der Waals surface area contributed by atoms with Crippen LogP contribution in [0.25, 0.3) is 0 Å². The summed E-state index contributed by atoms with van der Waals surface area (Å²) in [5.41, 5.74) is 45.5. The van der Waals surface area contributed by atoms with Crippen LogP contribution in [0.5, 0.6) is 0 Å². The van der Waals surface area contributed by atoms with Gasteiger partial charge in [0.2, 0.25) is 0 Å². The molecule has 1 saturated heterocycles. The molecular formula is C40H24O. The fourth-order valence-electron chi connectivity index (χ4n) is 9.12. The molecule has 0 spiro atoms. The monoisotopic (exact) mass is 520 g/mol. The molecule has 4 saturated carbocycles. The molecule has 0 aromatic carbocycles. The van der Waals surface area contributed by atoms with E-state index in [-0.39, 0.29) is 33.9 Å². The molecule has 9 rings (SSSR count). The molecule has 6 atom stereocenters. The first-order valence-electron chi connectivity index (χ1n) is 14.6. The van der Waals surface area contributed by atoms with Crippen molar-refractivity contribution in [1.29, 1.82) is 0 Å². The summed E-state index contributed by atoms with van der Waals surface area (Å²) in [4.78, 5) is 0. The third-order valence-electron chi connectivity index (χ3n) is 10.9. The van der Waals surface area contributed by atoms with Crippen LogP contribution in [0.3, 0.4) is 0 Å². The van der Waals surface area contributed by atoms with Crippen LogP contribution in [0.15, 0.2) is 163 Å². The second-order valence-electron chi connectivity index (χ2n) is 12.2. The highest BCUT2D eigenvalue weighted by molar-refractivity contribution is 5.65. The molecule has 2 aliphatic heterocycles. The highest BCUT2D eigenvalue weighted by atomic mass is 16.5. The summed E-state index contributed by atoms with van der Waals surface area (Å²) >= 11 is 0. The Morgan fingerprint density at radius 2 is 0.780 bits per heavy atom. The summed E-state index contributed by atoms with van der Waals surface area (Å²) in [6, 6.07) is 0. The topological polar surface area (TPSA) is 9.23 Å². The molecule has 0 aromatic rings. The van der Waals surface area contributed by atoms with Crippen molar-refractivity contribution in [3.05, 3.63) is 163 Å². The molecule has 0 amide bonds. The van der Waals surface area contributed by atoms with E-state index in [0.717, 1.165) is 72.0 Å². The Balaban J connectivity index is 1.40. The van der Waals surface area contributed by atoms with Gasteiger partial charge in [0.15, 0.2) is 0 Å². The predicted molar refractivity (Wildman–Crippen MR) is 155 cm³/mol. The van der Waals surface area contributed by atoms with Gasteiger partial charge in [0.25, 0.3) is 0 Å². The van der Waals surface area contributed by atoms with Gasteiger partial charge in [-0.05, 0) is 60.1 Å². The van der Waals surface area contributed by atoms with Gasteiger partial charge in [-0.3, -0.25) is 0 Å². The van der Waals surface area contributed by atoms with Crippen molar-refractivity contribution in [2.45, 2.75) is 50.7 Å². The zero-order valence-electron chi connectivity index (χ0n) is 22.6. The SMILES string of the molecule is C1=C=C=C2C(=C=C=C=C=C3C(=C=C=C=C=C4C(=C=1)C1C=CC4O1)C14C=CC=CC31CCC4)C13C=CC=CC21CCC3. The van der Waals surface area contributed by atoms with E-state index in [2.05, 4.69) is 130 Å². The smallest absolute Gasteiger partial charge is 0.111 e. The molecule has 6 unspecified atom stereocenters. The maximum atomic E-state index is 6.07. The lowest BCUT2D eigenvalue weighted by molar-refractivity contribution is 0.138. The van der Waals surface area contributed by atoms with Gasteiger partial charge in [0, 0.05) is 44.0 Å². The average Bonchev–Trinajstić information content (AvgIpc) is 3.75. The summed E-state index contributed by atoms with van der Waals surface area (Å²) < 4.78 is 6.07. The number of hydrogen-bond acceptors (Lipinski definition) is 1. The molecule has 1 heteroatoms. The van der Waals surface area contributed by atoms with Crippen molar-refractivity contribution in [3.63, 3.8) is 0 Å². The van der Waals surface area contributed by atoms with Crippen LogP contribution in [0.4, 0.5) is 0 Å². The van der Waals surface area contributed by atoms with Crippen molar-refractivity contribution < 1.29 is 4.74 Å². The minimum absolute atomic E-state index is 0.0637. The van der Waals surface area contributed by atoms with Crippen LogP contribution in [-0.4, -0.2) is 12.2 Å². The number of ether oxygens (including phenoxy) is 1. The lowest BCUT2D eigenvalue weighted by Gasteiger charge is -2.56. The number of rotatable bonds is 0.